The van der Waals surface area contributed by atoms with Crippen molar-refractivity contribution in [2.45, 2.75) is 31.7 Å². The third kappa shape index (κ3) is 5.68. The van der Waals surface area contributed by atoms with E-state index < -0.39 is 17.7 Å². The highest BCUT2D eigenvalue weighted by Crippen LogP contribution is 2.34. The summed E-state index contributed by atoms with van der Waals surface area (Å²) in [5.74, 6) is -0.192. The van der Waals surface area contributed by atoms with Crippen molar-refractivity contribution in [3.05, 3.63) is 77.7 Å². The molecule has 1 saturated heterocycles. The number of carbonyl (C=O) groups is 1. The van der Waals surface area contributed by atoms with E-state index >= 15 is 0 Å². The molecule has 0 atom stereocenters. The Hall–Kier alpha value is -4.22. The number of alkyl halides is 3. The Labute approximate surface area is 233 Å². The lowest BCUT2D eigenvalue weighted by atomic mass is 10.0. The third-order valence-electron chi connectivity index (χ3n) is 7.39. The average molecular weight is 564 g/mol. The molecule has 3 N–H and O–H groups in total. The molecule has 0 saturated carbocycles. The molecule has 6 rings (SSSR count). The summed E-state index contributed by atoms with van der Waals surface area (Å²) in [4.78, 5) is 25.8. The maximum atomic E-state index is 12.9. The van der Waals surface area contributed by atoms with E-state index in [1.165, 1.54) is 12.1 Å². The molecule has 0 radical (unpaired) electrons. The molecule has 0 bridgehead atoms. The second-order valence-electron chi connectivity index (χ2n) is 10.3. The first-order valence-corrected chi connectivity index (χ1v) is 13.4. The van der Waals surface area contributed by atoms with Crippen molar-refractivity contribution in [3.8, 4) is 0 Å². The molecular weight excluding hydrogens is 535 g/mol. The highest BCUT2D eigenvalue weighted by Gasteiger charge is 2.31. The summed E-state index contributed by atoms with van der Waals surface area (Å²) in [5, 5.41) is 16.0. The Morgan fingerprint density at radius 2 is 1.93 bits per heavy atom. The molecule has 212 valence electrons. The smallest absolute Gasteiger partial charge is 0.416 e. The molecule has 3 aromatic heterocycles. The number of nitrogens with one attached hydrogen (secondary N) is 2. The minimum atomic E-state index is -4.35. The van der Waals surface area contributed by atoms with Gasteiger partial charge in [0.05, 0.1) is 22.7 Å². The minimum absolute atomic E-state index is 0.0932. The molecule has 11 heteroatoms. The summed E-state index contributed by atoms with van der Waals surface area (Å²) in [6.45, 7) is 3.34. The van der Waals surface area contributed by atoms with E-state index in [4.69, 9.17) is 9.72 Å². The average Bonchev–Trinajstić information content (AvgIpc) is 3.34. The number of anilines is 1. The van der Waals surface area contributed by atoms with Gasteiger partial charge in [-0.3, -0.25) is 4.98 Å². The van der Waals surface area contributed by atoms with Crippen LogP contribution in [0, 0.1) is 0 Å². The topological polar surface area (TPSA) is 103 Å². The molecule has 0 amide bonds. The number of carboxylic acid groups (broad SMARTS) is 1. The van der Waals surface area contributed by atoms with Crippen molar-refractivity contribution < 1.29 is 27.8 Å². The van der Waals surface area contributed by atoms with Crippen molar-refractivity contribution in [1.82, 2.24) is 20.3 Å². The van der Waals surface area contributed by atoms with Gasteiger partial charge >= 0.3 is 12.1 Å². The van der Waals surface area contributed by atoms with Crippen LogP contribution in [0.2, 0.25) is 0 Å². The number of benzene rings is 2. The number of hydrogen-bond acceptors (Lipinski definition) is 6. The lowest BCUT2D eigenvalue weighted by Gasteiger charge is -2.40. The number of aromatic carboxylic acids is 1. The molecule has 2 aromatic carbocycles. The summed E-state index contributed by atoms with van der Waals surface area (Å²) in [7, 11) is 0. The van der Waals surface area contributed by atoms with Gasteiger partial charge in [0, 0.05) is 71.4 Å². The van der Waals surface area contributed by atoms with Gasteiger partial charge in [-0.15, -0.1) is 0 Å². The monoisotopic (exact) mass is 563 g/mol. The summed E-state index contributed by atoms with van der Waals surface area (Å²) in [6, 6.07) is 12.4. The van der Waals surface area contributed by atoms with Gasteiger partial charge in [-0.1, -0.05) is 6.07 Å². The number of H-pyrrole nitrogens is 1. The van der Waals surface area contributed by atoms with E-state index in [0.717, 1.165) is 53.1 Å². The van der Waals surface area contributed by atoms with Crippen molar-refractivity contribution in [3.63, 3.8) is 0 Å². The lowest BCUT2D eigenvalue weighted by Crippen LogP contribution is -2.52. The second-order valence-corrected chi connectivity index (χ2v) is 10.3. The zero-order valence-corrected chi connectivity index (χ0v) is 22.0. The van der Waals surface area contributed by atoms with Crippen LogP contribution in [0.1, 0.15) is 34.5 Å². The third-order valence-corrected chi connectivity index (χ3v) is 7.39. The molecule has 0 unspecified atom stereocenters. The van der Waals surface area contributed by atoms with Gasteiger partial charge < -0.3 is 25.0 Å². The van der Waals surface area contributed by atoms with E-state index in [-0.39, 0.29) is 11.7 Å². The number of ether oxygens (including phenoxy) is 1. The first kappa shape index (κ1) is 27.0. The standard InChI is InChI=1S/C30H28F3N5O3/c31-30(32,33)20-4-6-26-19(11-20)12-21(36-26)14-34-8-1-2-10-41-22-16-38(17-22)28-24-7-9-35-15-25(24)23-5-3-18(29(39)40)13-27(23)37-28/h3-7,9,11-13,15,22,34,36H,1-2,8,10,14,16-17H2,(H,39,40). The summed E-state index contributed by atoms with van der Waals surface area (Å²) < 4.78 is 44.8. The number of halogens is 3. The summed E-state index contributed by atoms with van der Waals surface area (Å²) in [5.41, 5.74) is 1.70. The molecule has 5 aromatic rings. The molecule has 8 nitrogen and oxygen atoms in total. The molecule has 0 aliphatic carbocycles. The van der Waals surface area contributed by atoms with E-state index in [9.17, 15) is 23.1 Å². The van der Waals surface area contributed by atoms with E-state index in [2.05, 4.69) is 20.2 Å². The quantitative estimate of drug-likeness (QED) is 0.147. The van der Waals surface area contributed by atoms with Crippen LogP contribution < -0.4 is 10.2 Å². The summed E-state index contributed by atoms with van der Waals surface area (Å²) >= 11 is 0. The van der Waals surface area contributed by atoms with Crippen molar-refractivity contribution in [2.75, 3.05) is 31.1 Å². The number of fused-ring (bicyclic) bond motifs is 4. The van der Waals surface area contributed by atoms with Crippen LogP contribution in [-0.4, -0.2) is 58.4 Å². The first-order chi connectivity index (χ1) is 19.8. The number of aromatic nitrogens is 3. The molecule has 4 heterocycles. The van der Waals surface area contributed by atoms with Gasteiger partial charge in [-0.25, -0.2) is 9.78 Å². The molecule has 1 aliphatic heterocycles. The molecule has 1 fully saturated rings. The number of nitrogens with zero attached hydrogens (tertiary/aromatic N) is 3. The Morgan fingerprint density at radius 1 is 1.07 bits per heavy atom. The van der Waals surface area contributed by atoms with Gasteiger partial charge in [0.25, 0.3) is 0 Å². The van der Waals surface area contributed by atoms with Gasteiger partial charge in [-0.05, 0) is 61.9 Å². The highest BCUT2D eigenvalue weighted by molar-refractivity contribution is 6.11. The number of carboxylic acids is 1. The van der Waals surface area contributed by atoms with E-state index in [0.29, 0.717) is 42.7 Å². The van der Waals surface area contributed by atoms with Gasteiger partial charge in [0.15, 0.2) is 0 Å². The van der Waals surface area contributed by atoms with Crippen LogP contribution in [-0.2, 0) is 17.5 Å². The predicted octanol–water partition coefficient (Wildman–Crippen LogP) is 5.76. The van der Waals surface area contributed by atoms with Crippen LogP contribution in [0.3, 0.4) is 0 Å². The first-order valence-electron chi connectivity index (χ1n) is 13.4. The van der Waals surface area contributed by atoms with Crippen LogP contribution in [0.15, 0.2) is 60.9 Å². The zero-order valence-electron chi connectivity index (χ0n) is 22.0. The van der Waals surface area contributed by atoms with Crippen LogP contribution in [0.25, 0.3) is 32.6 Å². The lowest BCUT2D eigenvalue weighted by molar-refractivity contribution is -0.137. The van der Waals surface area contributed by atoms with Gasteiger partial charge in [0.2, 0.25) is 0 Å². The minimum Gasteiger partial charge on any atom is -0.478 e. The number of pyridine rings is 2. The van der Waals surface area contributed by atoms with Crippen LogP contribution in [0.4, 0.5) is 19.0 Å². The maximum Gasteiger partial charge on any atom is 0.416 e. The number of aromatic amines is 1. The SMILES string of the molecule is O=C(O)c1ccc2c(c1)nc(N1CC(OCCCCNCc3cc4cc(C(F)(F)F)ccc4[nH]3)C1)c1ccncc12. The predicted molar refractivity (Wildman–Crippen MR) is 150 cm³/mol. The van der Waals surface area contributed by atoms with Crippen molar-refractivity contribution >= 4 is 44.4 Å². The van der Waals surface area contributed by atoms with E-state index in [1.807, 2.05) is 6.07 Å². The number of unbranched alkanes of at least 4 members (excludes halogenated alkanes) is 1. The van der Waals surface area contributed by atoms with E-state index in [1.54, 1.807) is 36.7 Å². The number of hydrogen-bond donors (Lipinski definition) is 3. The van der Waals surface area contributed by atoms with Gasteiger partial charge in [-0.2, -0.15) is 13.2 Å². The Balaban J connectivity index is 0.961. The molecule has 41 heavy (non-hydrogen) atoms. The van der Waals surface area contributed by atoms with Crippen molar-refractivity contribution in [1.29, 1.82) is 0 Å². The highest BCUT2D eigenvalue weighted by atomic mass is 19.4. The fourth-order valence-electron chi connectivity index (χ4n) is 5.21. The summed E-state index contributed by atoms with van der Waals surface area (Å²) in [6.07, 6.45) is 1.05. The Kier molecular flexibility index (Phi) is 7.22. The maximum absolute atomic E-state index is 12.9. The number of rotatable bonds is 10. The Morgan fingerprint density at radius 3 is 2.73 bits per heavy atom. The second kappa shape index (κ2) is 11.0. The Bertz CT molecular complexity index is 1730. The molecule has 0 spiro atoms. The normalized spacial score (nSPS) is 14.3. The van der Waals surface area contributed by atoms with Crippen LogP contribution >= 0.6 is 0 Å². The van der Waals surface area contributed by atoms with Crippen molar-refractivity contribution in [2.24, 2.45) is 0 Å². The molecule has 1 aliphatic rings. The fraction of sp³-hybridized carbons (Fsp3) is 0.300. The molecular formula is C30H28F3N5O3. The fourth-order valence-corrected chi connectivity index (χ4v) is 5.21. The van der Waals surface area contributed by atoms with Gasteiger partial charge in [0.1, 0.15) is 5.82 Å². The van der Waals surface area contributed by atoms with Crippen LogP contribution in [0.5, 0.6) is 0 Å². The largest absolute Gasteiger partial charge is 0.478 e. The zero-order chi connectivity index (χ0) is 28.6.